The highest BCUT2D eigenvalue weighted by Crippen LogP contribution is 2.33. The molecule has 2 rings (SSSR count). The first kappa shape index (κ1) is 11.5. The maximum atomic E-state index is 10.8. The smallest absolute Gasteiger partial charge is 0.311 e. The minimum absolute atomic E-state index is 0.0730. The quantitative estimate of drug-likeness (QED) is 0.641. The van der Waals surface area contributed by atoms with Gasteiger partial charge in [-0.2, -0.15) is 0 Å². The molecule has 17 heavy (non-hydrogen) atoms. The van der Waals surface area contributed by atoms with Crippen molar-refractivity contribution in [2.45, 2.75) is 0 Å². The fourth-order valence-corrected chi connectivity index (χ4v) is 1.59. The van der Waals surface area contributed by atoms with Crippen LogP contribution in [0, 0.1) is 10.1 Å². The summed E-state index contributed by atoms with van der Waals surface area (Å²) in [5, 5.41) is 10.8. The van der Waals surface area contributed by atoms with Gasteiger partial charge in [-0.05, 0) is 22.0 Å². The molecule has 0 atom stereocenters. The zero-order valence-electron chi connectivity index (χ0n) is 8.54. The SMILES string of the molecule is O=[N+]([O-])c1ccccc1Oc1ccncc1Br. The summed E-state index contributed by atoms with van der Waals surface area (Å²) in [4.78, 5) is 14.2. The lowest BCUT2D eigenvalue weighted by Gasteiger charge is -2.06. The fraction of sp³-hybridized carbons (Fsp3) is 0. The predicted octanol–water partition coefficient (Wildman–Crippen LogP) is 3.54. The molecule has 0 spiro atoms. The molecule has 0 amide bonds. The Morgan fingerprint density at radius 2 is 2.00 bits per heavy atom. The maximum absolute atomic E-state index is 10.8. The van der Waals surface area contributed by atoms with Crippen molar-refractivity contribution in [2.75, 3.05) is 0 Å². The number of nitro groups is 1. The van der Waals surface area contributed by atoms with Crippen molar-refractivity contribution in [3.8, 4) is 11.5 Å². The molecule has 1 aromatic carbocycles. The van der Waals surface area contributed by atoms with Crippen LogP contribution in [-0.2, 0) is 0 Å². The first-order valence-corrected chi connectivity index (χ1v) is 5.48. The molecule has 0 aliphatic carbocycles. The van der Waals surface area contributed by atoms with E-state index in [9.17, 15) is 10.1 Å². The van der Waals surface area contributed by atoms with Crippen molar-refractivity contribution in [2.24, 2.45) is 0 Å². The highest BCUT2D eigenvalue weighted by molar-refractivity contribution is 9.10. The summed E-state index contributed by atoms with van der Waals surface area (Å²) >= 11 is 3.26. The van der Waals surface area contributed by atoms with Crippen LogP contribution < -0.4 is 4.74 Å². The number of para-hydroxylation sites is 2. The summed E-state index contributed by atoms with van der Waals surface area (Å²) in [6.07, 6.45) is 3.11. The van der Waals surface area contributed by atoms with Gasteiger partial charge in [-0.15, -0.1) is 0 Å². The Balaban J connectivity index is 2.37. The van der Waals surface area contributed by atoms with Crippen LogP contribution in [0.5, 0.6) is 11.5 Å². The number of hydrogen-bond donors (Lipinski definition) is 0. The molecule has 0 N–H and O–H groups in total. The van der Waals surface area contributed by atoms with Gasteiger partial charge in [0, 0.05) is 24.5 Å². The molecule has 0 saturated carbocycles. The van der Waals surface area contributed by atoms with E-state index in [0.29, 0.717) is 10.2 Å². The van der Waals surface area contributed by atoms with E-state index in [-0.39, 0.29) is 11.4 Å². The van der Waals surface area contributed by atoms with Crippen LogP contribution in [0.2, 0.25) is 0 Å². The molecule has 1 aromatic heterocycles. The number of aromatic nitrogens is 1. The number of nitrogens with zero attached hydrogens (tertiary/aromatic N) is 2. The molecule has 0 aliphatic rings. The molecular formula is C11H7BrN2O3. The zero-order valence-corrected chi connectivity index (χ0v) is 10.1. The van der Waals surface area contributed by atoms with E-state index >= 15 is 0 Å². The van der Waals surface area contributed by atoms with Crippen molar-refractivity contribution < 1.29 is 9.66 Å². The lowest BCUT2D eigenvalue weighted by atomic mass is 10.3. The summed E-state index contributed by atoms with van der Waals surface area (Å²) in [5.41, 5.74) is -0.0730. The second-order valence-corrected chi connectivity index (χ2v) is 3.99. The summed E-state index contributed by atoms with van der Waals surface area (Å²) in [6.45, 7) is 0. The van der Waals surface area contributed by atoms with Crippen molar-refractivity contribution in [1.82, 2.24) is 4.98 Å². The van der Waals surface area contributed by atoms with Gasteiger partial charge < -0.3 is 4.74 Å². The van der Waals surface area contributed by atoms with Crippen LogP contribution in [0.1, 0.15) is 0 Å². The standard InChI is InChI=1S/C11H7BrN2O3/c12-8-7-13-6-5-10(8)17-11-4-2-1-3-9(11)14(15)16/h1-7H. The van der Waals surface area contributed by atoms with E-state index in [1.54, 1.807) is 36.7 Å². The Kier molecular flexibility index (Phi) is 3.34. The van der Waals surface area contributed by atoms with Gasteiger partial charge in [-0.3, -0.25) is 15.1 Å². The number of ether oxygens (including phenoxy) is 1. The minimum atomic E-state index is -0.482. The zero-order chi connectivity index (χ0) is 12.3. The third kappa shape index (κ3) is 2.59. The van der Waals surface area contributed by atoms with Gasteiger partial charge in [0.2, 0.25) is 5.75 Å². The molecular weight excluding hydrogens is 288 g/mol. The Labute approximate surface area is 105 Å². The highest BCUT2D eigenvalue weighted by Gasteiger charge is 2.15. The Hall–Kier alpha value is -1.95. The summed E-state index contributed by atoms with van der Waals surface area (Å²) < 4.78 is 6.11. The van der Waals surface area contributed by atoms with E-state index < -0.39 is 4.92 Å². The Morgan fingerprint density at radius 1 is 1.24 bits per heavy atom. The third-order valence-electron chi connectivity index (χ3n) is 2.02. The van der Waals surface area contributed by atoms with Crippen LogP contribution in [-0.4, -0.2) is 9.91 Å². The molecule has 86 valence electrons. The van der Waals surface area contributed by atoms with Crippen molar-refractivity contribution in [3.05, 3.63) is 57.3 Å². The number of pyridine rings is 1. The topological polar surface area (TPSA) is 65.3 Å². The van der Waals surface area contributed by atoms with E-state index in [1.165, 1.54) is 6.07 Å². The second kappa shape index (κ2) is 4.92. The molecule has 0 radical (unpaired) electrons. The largest absolute Gasteiger partial charge is 0.449 e. The van der Waals surface area contributed by atoms with E-state index in [2.05, 4.69) is 20.9 Å². The number of hydrogen-bond acceptors (Lipinski definition) is 4. The van der Waals surface area contributed by atoms with Gasteiger partial charge in [0.05, 0.1) is 9.40 Å². The average Bonchev–Trinajstić information content (AvgIpc) is 2.32. The minimum Gasteiger partial charge on any atom is -0.449 e. The molecule has 0 saturated heterocycles. The van der Waals surface area contributed by atoms with E-state index in [4.69, 9.17) is 4.74 Å². The molecule has 0 aliphatic heterocycles. The first-order valence-electron chi connectivity index (χ1n) is 4.69. The third-order valence-corrected chi connectivity index (χ3v) is 2.61. The Morgan fingerprint density at radius 3 is 2.71 bits per heavy atom. The lowest BCUT2D eigenvalue weighted by Crippen LogP contribution is -1.93. The maximum Gasteiger partial charge on any atom is 0.311 e. The van der Waals surface area contributed by atoms with Crippen molar-refractivity contribution >= 4 is 21.6 Å². The number of benzene rings is 1. The fourth-order valence-electron chi connectivity index (χ4n) is 1.26. The summed E-state index contributed by atoms with van der Waals surface area (Å²) in [7, 11) is 0. The number of rotatable bonds is 3. The van der Waals surface area contributed by atoms with Gasteiger partial charge in [0.15, 0.2) is 0 Å². The summed E-state index contributed by atoms with van der Waals surface area (Å²) in [6, 6.07) is 7.83. The normalized spacial score (nSPS) is 9.94. The van der Waals surface area contributed by atoms with Gasteiger partial charge >= 0.3 is 5.69 Å². The van der Waals surface area contributed by atoms with Crippen LogP contribution in [0.4, 0.5) is 5.69 Å². The van der Waals surface area contributed by atoms with Gasteiger partial charge in [0.1, 0.15) is 5.75 Å². The molecule has 0 unspecified atom stereocenters. The van der Waals surface area contributed by atoms with E-state index in [0.717, 1.165) is 0 Å². The molecule has 1 heterocycles. The van der Waals surface area contributed by atoms with Crippen LogP contribution in [0.15, 0.2) is 47.2 Å². The lowest BCUT2D eigenvalue weighted by molar-refractivity contribution is -0.385. The Bertz CT molecular complexity index is 560. The summed E-state index contributed by atoms with van der Waals surface area (Å²) in [5.74, 6) is 0.679. The van der Waals surface area contributed by atoms with Gasteiger partial charge in [-0.1, -0.05) is 12.1 Å². The predicted molar refractivity (Wildman–Crippen MR) is 65.1 cm³/mol. The molecule has 0 bridgehead atoms. The number of halogens is 1. The average molecular weight is 295 g/mol. The highest BCUT2D eigenvalue weighted by atomic mass is 79.9. The second-order valence-electron chi connectivity index (χ2n) is 3.13. The molecule has 6 heteroatoms. The van der Waals surface area contributed by atoms with Gasteiger partial charge in [-0.25, -0.2) is 0 Å². The van der Waals surface area contributed by atoms with Gasteiger partial charge in [0.25, 0.3) is 0 Å². The van der Waals surface area contributed by atoms with Crippen LogP contribution in [0.3, 0.4) is 0 Å². The molecule has 0 fully saturated rings. The monoisotopic (exact) mass is 294 g/mol. The van der Waals surface area contributed by atoms with Crippen molar-refractivity contribution in [1.29, 1.82) is 0 Å². The van der Waals surface area contributed by atoms with Crippen LogP contribution in [0.25, 0.3) is 0 Å². The first-order chi connectivity index (χ1) is 8.18. The molecule has 5 nitrogen and oxygen atoms in total. The van der Waals surface area contributed by atoms with Crippen LogP contribution >= 0.6 is 15.9 Å². The van der Waals surface area contributed by atoms with E-state index in [1.807, 2.05) is 0 Å². The number of nitro benzene ring substituents is 1. The van der Waals surface area contributed by atoms with Crippen molar-refractivity contribution in [3.63, 3.8) is 0 Å². The molecule has 2 aromatic rings.